The highest BCUT2D eigenvalue weighted by molar-refractivity contribution is 6.31. The molecule has 0 saturated carbocycles. The highest BCUT2D eigenvalue weighted by Gasteiger charge is 2.21. The van der Waals surface area contributed by atoms with Crippen LogP contribution in [0.2, 0.25) is 5.02 Å². The number of β-amino-alcohol motifs (C(OH)–C–C–N with tert-alkyl or cyclic N) is 1. The molecule has 0 aromatic heterocycles. The molecule has 18 heavy (non-hydrogen) atoms. The van der Waals surface area contributed by atoms with Gasteiger partial charge < -0.3 is 10.0 Å². The Morgan fingerprint density at radius 2 is 2.00 bits per heavy atom. The number of aliphatic hydroxyl groups excluding tert-OH is 1. The lowest BCUT2D eigenvalue weighted by Crippen LogP contribution is -2.45. The molecule has 3 nitrogen and oxygen atoms in total. The van der Waals surface area contributed by atoms with Crippen LogP contribution in [0.5, 0.6) is 0 Å². The van der Waals surface area contributed by atoms with Crippen LogP contribution in [0, 0.1) is 5.82 Å². The van der Waals surface area contributed by atoms with Gasteiger partial charge in [-0.05, 0) is 19.2 Å². The molecule has 0 radical (unpaired) electrons. The van der Waals surface area contributed by atoms with Gasteiger partial charge in [-0.3, -0.25) is 4.90 Å². The van der Waals surface area contributed by atoms with E-state index in [1.807, 2.05) is 0 Å². The molecule has 1 saturated heterocycles. The summed E-state index contributed by atoms with van der Waals surface area (Å²) >= 11 is 5.94. The fourth-order valence-corrected chi connectivity index (χ4v) is 2.48. The van der Waals surface area contributed by atoms with Crippen molar-refractivity contribution in [2.45, 2.75) is 6.10 Å². The van der Waals surface area contributed by atoms with Crippen LogP contribution >= 0.6 is 11.6 Å². The highest BCUT2D eigenvalue weighted by Crippen LogP contribution is 2.26. The molecule has 100 valence electrons. The van der Waals surface area contributed by atoms with Gasteiger partial charge in [-0.15, -0.1) is 0 Å². The Labute approximate surface area is 112 Å². The third kappa shape index (κ3) is 3.20. The number of piperazine rings is 1. The van der Waals surface area contributed by atoms with Gasteiger partial charge in [0, 0.05) is 43.3 Å². The SMILES string of the molecule is CN1CCN(CC(O)c2c(F)cccc2Cl)CC1. The number of aliphatic hydroxyl groups is 1. The number of hydrogen-bond acceptors (Lipinski definition) is 3. The summed E-state index contributed by atoms with van der Waals surface area (Å²) in [5, 5.41) is 10.4. The molecule has 0 aliphatic carbocycles. The van der Waals surface area contributed by atoms with Crippen molar-refractivity contribution in [1.82, 2.24) is 9.80 Å². The summed E-state index contributed by atoms with van der Waals surface area (Å²) in [7, 11) is 2.07. The van der Waals surface area contributed by atoms with Gasteiger partial charge in [-0.2, -0.15) is 0 Å². The topological polar surface area (TPSA) is 26.7 Å². The molecule has 1 heterocycles. The third-order valence-corrected chi connectivity index (χ3v) is 3.69. The largest absolute Gasteiger partial charge is 0.387 e. The first kappa shape index (κ1) is 13.7. The highest BCUT2D eigenvalue weighted by atomic mass is 35.5. The molecule has 0 bridgehead atoms. The summed E-state index contributed by atoms with van der Waals surface area (Å²) in [6.45, 7) is 4.14. The van der Waals surface area contributed by atoms with Crippen molar-refractivity contribution in [2.75, 3.05) is 39.8 Å². The summed E-state index contributed by atoms with van der Waals surface area (Å²) in [4.78, 5) is 4.37. The lowest BCUT2D eigenvalue weighted by atomic mass is 10.1. The minimum Gasteiger partial charge on any atom is -0.387 e. The summed E-state index contributed by atoms with van der Waals surface area (Å²) < 4.78 is 13.6. The van der Waals surface area contributed by atoms with Crippen LogP contribution in [0.3, 0.4) is 0 Å². The Kier molecular flexibility index (Phi) is 4.56. The number of likely N-dealkylation sites (N-methyl/N-ethyl adjacent to an activating group) is 1. The van der Waals surface area contributed by atoms with Gasteiger partial charge >= 0.3 is 0 Å². The van der Waals surface area contributed by atoms with E-state index in [0.717, 1.165) is 26.2 Å². The van der Waals surface area contributed by atoms with Gasteiger partial charge in [-0.25, -0.2) is 4.39 Å². The minimum atomic E-state index is -0.873. The van der Waals surface area contributed by atoms with E-state index in [-0.39, 0.29) is 10.6 Å². The fraction of sp³-hybridized carbons (Fsp3) is 0.538. The second-order valence-corrected chi connectivity index (χ2v) is 5.16. The molecule has 0 spiro atoms. The van der Waals surface area contributed by atoms with Crippen molar-refractivity contribution in [3.8, 4) is 0 Å². The Hall–Kier alpha value is -0.680. The van der Waals surface area contributed by atoms with Crippen molar-refractivity contribution in [3.05, 3.63) is 34.6 Å². The van der Waals surface area contributed by atoms with E-state index in [2.05, 4.69) is 16.8 Å². The van der Waals surface area contributed by atoms with Crippen LogP contribution in [0.1, 0.15) is 11.7 Å². The lowest BCUT2D eigenvalue weighted by Gasteiger charge is -2.33. The quantitative estimate of drug-likeness (QED) is 0.908. The van der Waals surface area contributed by atoms with Gasteiger partial charge in [0.05, 0.1) is 6.10 Å². The van der Waals surface area contributed by atoms with E-state index in [9.17, 15) is 9.50 Å². The number of rotatable bonds is 3. The summed E-state index contributed by atoms with van der Waals surface area (Å²) in [6, 6.07) is 4.48. The zero-order chi connectivity index (χ0) is 13.1. The van der Waals surface area contributed by atoms with Crippen molar-refractivity contribution < 1.29 is 9.50 Å². The zero-order valence-corrected chi connectivity index (χ0v) is 11.2. The molecular weight excluding hydrogens is 255 g/mol. The summed E-state index contributed by atoms with van der Waals surface area (Å²) in [5.74, 6) is -0.441. The minimum absolute atomic E-state index is 0.207. The molecule has 1 N–H and O–H groups in total. The van der Waals surface area contributed by atoms with E-state index in [4.69, 9.17) is 11.6 Å². The van der Waals surface area contributed by atoms with E-state index in [1.54, 1.807) is 12.1 Å². The maximum Gasteiger partial charge on any atom is 0.130 e. The van der Waals surface area contributed by atoms with E-state index < -0.39 is 11.9 Å². The standard InChI is InChI=1S/C13H18ClFN2O/c1-16-5-7-17(8-6-16)9-12(18)13-10(14)3-2-4-11(13)15/h2-4,12,18H,5-9H2,1H3. The fourth-order valence-electron chi connectivity index (χ4n) is 2.20. The first-order valence-electron chi connectivity index (χ1n) is 6.11. The van der Waals surface area contributed by atoms with Crippen molar-refractivity contribution in [2.24, 2.45) is 0 Å². The van der Waals surface area contributed by atoms with Crippen molar-refractivity contribution in [1.29, 1.82) is 0 Å². The molecule has 1 atom stereocenters. The number of halogens is 2. The predicted molar refractivity (Wildman–Crippen MR) is 70.3 cm³/mol. The summed E-state index contributed by atoms with van der Waals surface area (Å²) in [5.41, 5.74) is 0.207. The molecule has 1 aliphatic heterocycles. The smallest absolute Gasteiger partial charge is 0.130 e. The Bertz CT molecular complexity index is 388. The number of hydrogen-bond donors (Lipinski definition) is 1. The van der Waals surface area contributed by atoms with Crippen LogP contribution in [-0.4, -0.2) is 54.7 Å². The second-order valence-electron chi connectivity index (χ2n) is 4.76. The maximum absolute atomic E-state index is 13.6. The van der Waals surface area contributed by atoms with Crippen LogP contribution in [0.15, 0.2) is 18.2 Å². The Balaban J connectivity index is 2.01. The molecule has 2 rings (SSSR count). The van der Waals surface area contributed by atoms with Crippen molar-refractivity contribution >= 4 is 11.6 Å². The average Bonchev–Trinajstić information content (AvgIpc) is 2.32. The van der Waals surface area contributed by atoms with E-state index in [1.165, 1.54) is 6.07 Å². The number of nitrogens with zero attached hydrogens (tertiary/aromatic N) is 2. The predicted octanol–water partition coefficient (Wildman–Crippen LogP) is 1.76. The monoisotopic (exact) mass is 272 g/mol. The maximum atomic E-state index is 13.6. The normalized spacial score (nSPS) is 20.0. The van der Waals surface area contributed by atoms with Crippen molar-refractivity contribution in [3.63, 3.8) is 0 Å². The first-order chi connectivity index (χ1) is 8.58. The van der Waals surface area contributed by atoms with Gasteiger partial charge in [0.15, 0.2) is 0 Å². The van der Waals surface area contributed by atoms with Crippen LogP contribution in [0.25, 0.3) is 0 Å². The third-order valence-electron chi connectivity index (χ3n) is 3.36. The number of benzene rings is 1. The molecule has 1 aromatic carbocycles. The Morgan fingerprint density at radius 3 is 2.61 bits per heavy atom. The van der Waals surface area contributed by atoms with Gasteiger partial charge in [0.1, 0.15) is 5.82 Å². The van der Waals surface area contributed by atoms with E-state index >= 15 is 0 Å². The second kappa shape index (κ2) is 5.97. The molecule has 5 heteroatoms. The summed E-state index contributed by atoms with van der Waals surface area (Å²) in [6.07, 6.45) is -0.873. The molecule has 1 fully saturated rings. The van der Waals surface area contributed by atoms with E-state index in [0.29, 0.717) is 6.54 Å². The van der Waals surface area contributed by atoms with Gasteiger partial charge in [-0.1, -0.05) is 17.7 Å². The molecule has 1 aliphatic rings. The molecule has 0 amide bonds. The first-order valence-corrected chi connectivity index (χ1v) is 6.48. The van der Waals surface area contributed by atoms with Gasteiger partial charge in [0.2, 0.25) is 0 Å². The molecule has 1 unspecified atom stereocenters. The lowest BCUT2D eigenvalue weighted by molar-refractivity contribution is 0.0786. The molecular formula is C13H18ClFN2O. The molecule has 1 aromatic rings. The van der Waals surface area contributed by atoms with Crippen LogP contribution < -0.4 is 0 Å². The van der Waals surface area contributed by atoms with Crippen LogP contribution in [0.4, 0.5) is 4.39 Å². The zero-order valence-electron chi connectivity index (χ0n) is 10.4. The van der Waals surface area contributed by atoms with Gasteiger partial charge in [0.25, 0.3) is 0 Å². The van der Waals surface area contributed by atoms with Crippen LogP contribution in [-0.2, 0) is 0 Å². The average molecular weight is 273 g/mol. The Morgan fingerprint density at radius 1 is 1.33 bits per heavy atom.